The molecular formula is C19H20FN3O4S. The average molecular weight is 405 g/mol. The third-order valence-corrected chi connectivity index (χ3v) is 6.33. The maximum atomic E-state index is 13.0. The molecule has 0 aliphatic carbocycles. The number of carbonyl (C=O) groups excluding carboxylic acids is 2. The Hall–Kier alpha value is -2.78. The van der Waals surface area contributed by atoms with Gasteiger partial charge in [0.2, 0.25) is 21.8 Å². The lowest BCUT2D eigenvalue weighted by Gasteiger charge is -2.29. The van der Waals surface area contributed by atoms with Crippen molar-refractivity contribution in [3.8, 4) is 0 Å². The van der Waals surface area contributed by atoms with E-state index in [1.165, 1.54) is 24.1 Å². The number of amides is 2. The summed E-state index contributed by atoms with van der Waals surface area (Å²) in [6, 6.07) is 11.6. The van der Waals surface area contributed by atoms with Gasteiger partial charge in [0.05, 0.1) is 16.3 Å². The number of nitrogens with one attached hydrogen (secondary N) is 1. The summed E-state index contributed by atoms with van der Waals surface area (Å²) in [5.41, 5.74) is 1.20. The normalized spacial score (nSPS) is 14.0. The zero-order valence-corrected chi connectivity index (χ0v) is 16.1. The van der Waals surface area contributed by atoms with Crippen molar-refractivity contribution in [3.63, 3.8) is 0 Å². The molecule has 1 N–H and O–H groups in total. The van der Waals surface area contributed by atoms with E-state index in [1.54, 1.807) is 24.3 Å². The van der Waals surface area contributed by atoms with Gasteiger partial charge in [0.1, 0.15) is 12.4 Å². The zero-order chi connectivity index (χ0) is 20.3. The van der Waals surface area contributed by atoms with E-state index >= 15 is 0 Å². The van der Waals surface area contributed by atoms with Crippen LogP contribution < -0.4 is 10.2 Å². The molecule has 7 nitrogen and oxygen atoms in total. The van der Waals surface area contributed by atoms with Crippen molar-refractivity contribution < 1.29 is 22.4 Å². The highest BCUT2D eigenvalue weighted by atomic mass is 32.2. The van der Waals surface area contributed by atoms with Gasteiger partial charge in [-0.3, -0.25) is 9.59 Å². The summed E-state index contributed by atoms with van der Waals surface area (Å²) in [4.78, 5) is 25.8. The zero-order valence-electron chi connectivity index (χ0n) is 15.3. The van der Waals surface area contributed by atoms with Crippen molar-refractivity contribution in [2.24, 2.45) is 0 Å². The second-order valence-corrected chi connectivity index (χ2v) is 8.47. The third kappa shape index (κ3) is 4.20. The lowest BCUT2D eigenvalue weighted by molar-refractivity contribution is -0.122. The van der Waals surface area contributed by atoms with E-state index < -0.39 is 15.8 Å². The summed E-state index contributed by atoms with van der Waals surface area (Å²) < 4.78 is 39.1. The lowest BCUT2D eigenvalue weighted by atomic mass is 10.1. The van der Waals surface area contributed by atoms with Gasteiger partial charge in [0.25, 0.3) is 0 Å². The number of hydrogen-bond acceptors (Lipinski definition) is 4. The number of anilines is 2. The van der Waals surface area contributed by atoms with Gasteiger partial charge in [0, 0.05) is 20.0 Å². The first-order valence-corrected chi connectivity index (χ1v) is 10.1. The number of rotatable bonds is 6. The maximum Gasteiger partial charge on any atom is 0.244 e. The molecule has 0 unspecified atom stereocenters. The van der Waals surface area contributed by atoms with Crippen LogP contribution in [0.15, 0.2) is 53.4 Å². The van der Waals surface area contributed by atoms with Crippen molar-refractivity contribution in [2.45, 2.75) is 17.7 Å². The van der Waals surface area contributed by atoms with Crippen molar-refractivity contribution >= 4 is 33.2 Å². The Morgan fingerprint density at radius 3 is 2.57 bits per heavy atom. The van der Waals surface area contributed by atoms with Crippen LogP contribution in [0.3, 0.4) is 0 Å². The number of para-hydroxylation sites is 2. The van der Waals surface area contributed by atoms with E-state index in [-0.39, 0.29) is 42.6 Å². The van der Waals surface area contributed by atoms with Crippen LogP contribution in [0, 0.1) is 5.82 Å². The number of benzene rings is 2. The molecule has 1 heterocycles. The van der Waals surface area contributed by atoms with Crippen LogP contribution in [-0.2, 0) is 19.6 Å². The Labute approximate surface area is 162 Å². The quantitative estimate of drug-likeness (QED) is 0.798. The van der Waals surface area contributed by atoms with Crippen LogP contribution in [0.2, 0.25) is 0 Å². The molecule has 0 atom stereocenters. The molecule has 148 valence electrons. The molecule has 0 aromatic heterocycles. The fraction of sp³-hybridized carbons (Fsp3) is 0.263. The largest absolute Gasteiger partial charge is 0.323 e. The summed E-state index contributed by atoms with van der Waals surface area (Å²) in [6.07, 6.45) is 0.376. The molecule has 1 aliphatic heterocycles. The van der Waals surface area contributed by atoms with Gasteiger partial charge in [-0.05, 0) is 42.8 Å². The summed E-state index contributed by atoms with van der Waals surface area (Å²) in [6.45, 7) is 0.0483. The first kappa shape index (κ1) is 20.0. The standard InChI is InChI=1S/C19H20FN3O4S/c1-22(28(26,27)15-10-8-14(20)9-11-15)12-4-7-19(25)23-13-18(24)21-16-5-2-3-6-17(16)23/h2-3,5-6,8-11H,4,7,12-13H2,1H3,(H,21,24). The van der Waals surface area contributed by atoms with Crippen molar-refractivity contribution in [1.29, 1.82) is 0 Å². The van der Waals surface area contributed by atoms with Gasteiger partial charge in [-0.1, -0.05) is 12.1 Å². The number of fused-ring (bicyclic) bond motifs is 1. The van der Waals surface area contributed by atoms with E-state index in [9.17, 15) is 22.4 Å². The van der Waals surface area contributed by atoms with Crippen LogP contribution >= 0.6 is 0 Å². The second-order valence-electron chi connectivity index (χ2n) is 6.43. The highest BCUT2D eigenvalue weighted by Gasteiger charge is 2.27. The topological polar surface area (TPSA) is 86.8 Å². The monoisotopic (exact) mass is 405 g/mol. The fourth-order valence-corrected chi connectivity index (χ4v) is 4.16. The number of nitrogens with zero attached hydrogens (tertiary/aromatic N) is 2. The summed E-state index contributed by atoms with van der Waals surface area (Å²) in [5, 5.41) is 2.71. The highest BCUT2D eigenvalue weighted by Crippen LogP contribution is 2.29. The summed E-state index contributed by atoms with van der Waals surface area (Å²) in [5.74, 6) is -1.05. The number of sulfonamides is 1. The Balaban J connectivity index is 1.61. The molecule has 0 saturated carbocycles. The fourth-order valence-electron chi connectivity index (χ4n) is 2.95. The Morgan fingerprint density at radius 1 is 1.18 bits per heavy atom. The van der Waals surface area contributed by atoms with Crippen LogP contribution in [0.1, 0.15) is 12.8 Å². The first-order chi connectivity index (χ1) is 13.3. The molecule has 0 radical (unpaired) electrons. The molecule has 0 fully saturated rings. The molecule has 3 rings (SSSR count). The van der Waals surface area contributed by atoms with Gasteiger partial charge in [0.15, 0.2) is 0 Å². The first-order valence-electron chi connectivity index (χ1n) is 8.70. The van der Waals surface area contributed by atoms with Crippen LogP contribution in [0.25, 0.3) is 0 Å². The van der Waals surface area contributed by atoms with Crippen LogP contribution in [-0.4, -0.2) is 44.7 Å². The summed E-state index contributed by atoms with van der Waals surface area (Å²) >= 11 is 0. The predicted molar refractivity (Wildman–Crippen MR) is 103 cm³/mol. The third-order valence-electron chi connectivity index (χ3n) is 4.46. The average Bonchev–Trinajstić information content (AvgIpc) is 2.67. The minimum Gasteiger partial charge on any atom is -0.323 e. The lowest BCUT2D eigenvalue weighted by Crippen LogP contribution is -2.42. The molecule has 1 aliphatic rings. The number of hydrogen-bond donors (Lipinski definition) is 1. The second kappa shape index (κ2) is 8.07. The molecule has 0 spiro atoms. The van der Waals surface area contributed by atoms with Crippen molar-refractivity contribution in [3.05, 3.63) is 54.3 Å². The highest BCUT2D eigenvalue weighted by molar-refractivity contribution is 7.89. The van der Waals surface area contributed by atoms with Gasteiger partial charge < -0.3 is 10.2 Å². The van der Waals surface area contributed by atoms with E-state index in [2.05, 4.69) is 5.32 Å². The van der Waals surface area contributed by atoms with Gasteiger partial charge in [-0.25, -0.2) is 17.1 Å². The van der Waals surface area contributed by atoms with Crippen molar-refractivity contribution in [1.82, 2.24) is 4.31 Å². The Bertz CT molecular complexity index is 992. The van der Waals surface area contributed by atoms with Crippen molar-refractivity contribution in [2.75, 3.05) is 30.4 Å². The van der Waals surface area contributed by atoms with E-state index in [0.717, 1.165) is 16.4 Å². The van der Waals surface area contributed by atoms with E-state index in [1.807, 2.05) is 0 Å². The Kier molecular flexibility index (Phi) is 5.76. The predicted octanol–water partition coefficient (Wildman–Crippen LogP) is 2.21. The van der Waals surface area contributed by atoms with E-state index in [0.29, 0.717) is 11.4 Å². The maximum absolute atomic E-state index is 13.0. The number of halogens is 1. The van der Waals surface area contributed by atoms with E-state index in [4.69, 9.17) is 0 Å². The molecule has 2 amide bonds. The SMILES string of the molecule is CN(CCCC(=O)N1CC(=O)Nc2ccccc21)S(=O)(=O)c1ccc(F)cc1. The molecule has 9 heteroatoms. The van der Waals surface area contributed by atoms with Gasteiger partial charge in [-0.2, -0.15) is 0 Å². The Morgan fingerprint density at radius 2 is 1.86 bits per heavy atom. The molecule has 0 saturated heterocycles. The minimum absolute atomic E-state index is 0.00986. The summed E-state index contributed by atoms with van der Waals surface area (Å²) in [7, 11) is -2.35. The number of carbonyl (C=O) groups is 2. The van der Waals surface area contributed by atoms with Gasteiger partial charge in [-0.15, -0.1) is 0 Å². The van der Waals surface area contributed by atoms with Crippen LogP contribution in [0.5, 0.6) is 0 Å². The van der Waals surface area contributed by atoms with Crippen LogP contribution in [0.4, 0.5) is 15.8 Å². The molecule has 2 aromatic rings. The molecule has 0 bridgehead atoms. The molecular weight excluding hydrogens is 385 g/mol. The minimum atomic E-state index is -3.76. The molecule has 28 heavy (non-hydrogen) atoms. The molecule has 2 aromatic carbocycles. The smallest absolute Gasteiger partial charge is 0.244 e. The van der Waals surface area contributed by atoms with Gasteiger partial charge >= 0.3 is 0 Å².